The standard InChI is InChI=1S/C11H13NO4S2/c13-9(10-3-1-7-16-10)5-6-12-18(14,15)11-4-2-8-17-11/h1-4,7-9,12-13H,5-6H2. The molecule has 2 aromatic heterocycles. The first-order valence-corrected chi connectivity index (χ1v) is 7.70. The number of furan rings is 1. The van der Waals surface area contributed by atoms with E-state index in [1.54, 1.807) is 23.6 Å². The van der Waals surface area contributed by atoms with Gasteiger partial charge in [0.05, 0.1) is 6.26 Å². The number of sulfonamides is 1. The van der Waals surface area contributed by atoms with E-state index < -0.39 is 16.1 Å². The average molecular weight is 287 g/mol. The van der Waals surface area contributed by atoms with Crippen molar-refractivity contribution >= 4 is 21.4 Å². The Bertz CT molecular complexity index is 560. The molecule has 0 aromatic carbocycles. The van der Waals surface area contributed by atoms with Crippen molar-refractivity contribution < 1.29 is 17.9 Å². The molecule has 7 heteroatoms. The summed E-state index contributed by atoms with van der Waals surface area (Å²) in [7, 11) is -3.45. The number of thiophene rings is 1. The van der Waals surface area contributed by atoms with Gasteiger partial charge in [0, 0.05) is 6.54 Å². The molecule has 5 nitrogen and oxygen atoms in total. The fourth-order valence-corrected chi connectivity index (χ4v) is 3.53. The summed E-state index contributed by atoms with van der Waals surface area (Å²) in [4.78, 5) is 0. The van der Waals surface area contributed by atoms with Crippen LogP contribution < -0.4 is 4.72 Å². The first-order chi connectivity index (χ1) is 8.59. The van der Waals surface area contributed by atoms with Gasteiger partial charge in [0.1, 0.15) is 16.1 Å². The Morgan fingerprint density at radius 3 is 2.83 bits per heavy atom. The Morgan fingerprint density at radius 1 is 1.39 bits per heavy atom. The molecular weight excluding hydrogens is 274 g/mol. The van der Waals surface area contributed by atoms with Gasteiger partial charge in [-0.05, 0) is 30.0 Å². The van der Waals surface area contributed by atoms with Crippen LogP contribution in [0.2, 0.25) is 0 Å². The number of hydrogen-bond donors (Lipinski definition) is 2. The summed E-state index contributed by atoms with van der Waals surface area (Å²) in [6, 6.07) is 6.54. The number of aliphatic hydroxyl groups excluding tert-OH is 1. The SMILES string of the molecule is O=S(=O)(NCCC(O)c1ccco1)c1cccs1. The van der Waals surface area contributed by atoms with Crippen LogP contribution in [-0.2, 0) is 10.0 Å². The summed E-state index contributed by atoms with van der Waals surface area (Å²) in [5.74, 6) is 0.435. The van der Waals surface area contributed by atoms with Crippen molar-refractivity contribution in [1.82, 2.24) is 4.72 Å². The van der Waals surface area contributed by atoms with Crippen LogP contribution in [0.5, 0.6) is 0 Å². The largest absolute Gasteiger partial charge is 0.467 e. The summed E-state index contributed by atoms with van der Waals surface area (Å²) < 4.78 is 31.2. The lowest BCUT2D eigenvalue weighted by Gasteiger charge is -2.08. The van der Waals surface area contributed by atoms with Crippen LogP contribution in [0, 0.1) is 0 Å². The van der Waals surface area contributed by atoms with E-state index >= 15 is 0 Å². The zero-order valence-corrected chi connectivity index (χ0v) is 11.1. The van der Waals surface area contributed by atoms with E-state index in [0.29, 0.717) is 5.76 Å². The molecule has 0 fully saturated rings. The van der Waals surface area contributed by atoms with Crippen molar-refractivity contribution in [3.63, 3.8) is 0 Å². The monoisotopic (exact) mass is 287 g/mol. The molecule has 0 radical (unpaired) electrons. The normalized spacial score (nSPS) is 13.6. The Morgan fingerprint density at radius 2 is 2.22 bits per heavy atom. The van der Waals surface area contributed by atoms with Crippen LogP contribution in [0.1, 0.15) is 18.3 Å². The Labute approximate surface area is 109 Å². The fraction of sp³-hybridized carbons (Fsp3) is 0.273. The van der Waals surface area contributed by atoms with Crippen molar-refractivity contribution in [2.24, 2.45) is 0 Å². The topological polar surface area (TPSA) is 79.5 Å². The van der Waals surface area contributed by atoms with Crippen LogP contribution in [0.3, 0.4) is 0 Å². The van der Waals surface area contributed by atoms with Gasteiger partial charge in [-0.3, -0.25) is 0 Å². The Hall–Kier alpha value is -1.15. The van der Waals surface area contributed by atoms with Gasteiger partial charge in [0.15, 0.2) is 0 Å². The van der Waals surface area contributed by atoms with E-state index in [-0.39, 0.29) is 17.2 Å². The van der Waals surface area contributed by atoms with E-state index in [0.717, 1.165) is 11.3 Å². The van der Waals surface area contributed by atoms with Crippen molar-refractivity contribution in [2.45, 2.75) is 16.7 Å². The minimum atomic E-state index is -3.45. The number of hydrogen-bond acceptors (Lipinski definition) is 5. The number of rotatable bonds is 6. The van der Waals surface area contributed by atoms with Crippen LogP contribution >= 0.6 is 11.3 Å². The van der Waals surface area contributed by atoms with Crippen LogP contribution in [0.25, 0.3) is 0 Å². The zero-order chi connectivity index (χ0) is 13.0. The highest BCUT2D eigenvalue weighted by atomic mass is 32.2. The quantitative estimate of drug-likeness (QED) is 0.848. The molecule has 2 heterocycles. The molecule has 0 spiro atoms. The smallest absolute Gasteiger partial charge is 0.250 e. The van der Waals surface area contributed by atoms with Gasteiger partial charge in [-0.15, -0.1) is 11.3 Å². The van der Waals surface area contributed by atoms with E-state index in [2.05, 4.69) is 4.72 Å². The lowest BCUT2D eigenvalue weighted by atomic mass is 10.2. The van der Waals surface area contributed by atoms with Crippen molar-refractivity contribution in [2.75, 3.05) is 6.54 Å². The van der Waals surface area contributed by atoms with Gasteiger partial charge in [0.25, 0.3) is 0 Å². The molecule has 1 unspecified atom stereocenters. The summed E-state index contributed by atoms with van der Waals surface area (Å²) in [6.07, 6.45) is 0.929. The minimum Gasteiger partial charge on any atom is -0.467 e. The Kier molecular flexibility index (Phi) is 4.18. The van der Waals surface area contributed by atoms with Crippen molar-refractivity contribution in [3.8, 4) is 0 Å². The molecule has 0 saturated heterocycles. The molecule has 2 aromatic rings. The second-order valence-electron chi connectivity index (χ2n) is 3.65. The highest BCUT2D eigenvalue weighted by Crippen LogP contribution is 2.18. The highest BCUT2D eigenvalue weighted by molar-refractivity contribution is 7.91. The summed E-state index contributed by atoms with van der Waals surface area (Å²) in [6.45, 7) is 0.155. The molecule has 0 aliphatic carbocycles. The van der Waals surface area contributed by atoms with Crippen LogP contribution in [0.15, 0.2) is 44.5 Å². The second-order valence-corrected chi connectivity index (χ2v) is 6.59. The van der Waals surface area contributed by atoms with Crippen LogP contribution in [0.4, 0.5) is 0 Å². The molecule has 0 aliphatic rings. The molecule has 0 saturated carbocycles. The Balaban J connectivity index is 1.86. The van der Waals surface area contributed by atoms with E-state index in [9.17, 15) is 13.5 Å². The molecular formula is C11H13NO4S2. The predicted molar refractivity (Wildman–Crippen MR) is 67.8 cm³/mol. The third-order valence-electron chi connectivity index (χ3n) is 2.34. The molecule has 1 atom stereocenters. The van der Waals surface area contributed by atoms with Crippen molar-refractivity contribution in [3.05, 3.63) is 41.7 Å². The van der Waals surface area contributed by atoms with Crippen LogP contribution in [-0.4, -0.2) is 20.1 Å². The van der Waals surface area contributed by atoms with Gasteiger partial charge >= 0.3 is 0 Å². The maximum absolute atomic E-state index is 11.8. The third kappa shape index (κ3) is 3.20. The number of nitrogens with one attached hydrogen (secondary N) is 1. The van der Waals surface area contributed by atoms with Gasteiger partial charge in [0.2, 0.25) is 10.0 Å². The van der Waals surface area contributed by atoms with Gasteiger partial charge in [-0.1, -0.05) is 6.07 Å². The predicted octanol–water partition coefficient (Wildman–Crippen LogP) is 1.74. The minimum absolute atomic E-state index is 0.155. The molecule has 2 N–H and O–H groups in total. The summed E-state index contributed by atoms with van der Waals surface area (Å²) >= 11 is 1.15. The maximum atomic E-state index is 11.8. The van der Waals surface area contributed by atoms with Gasteiger partial charge < -0.3 is 9.52 Å². The molecule has 0 amide bonds. The van der Waals surface area contributed by atoms with Gasteiger partial charge in [-0.2, -0.15) is 0 Å². The first-order valence-electron chi connectivity index (χ1n) is 5.34. The lowest BCUT2D eigenvalue weighted by molar-refractivity contribution is 0.142. The summed E-state index contributed by atoms with van der Waals surface area (Å²) in [5, 5.41) is 11.4. The van der Waals surface area contributed by atoms with E-state index in [1.165, 1.54) is 12.3 Å². The molecule has 0 aliphatic heterocycles. The van der Waals surface area contributed by atoms with E-state index in [4.69, 9.17) is 4.42 Å². The third-order valence-corrected chi connectivity index (χ3v) is 5.20. The highest BCUT2D eigenvalue weighted by Gasteiger charge is 2.16. The van der Waals surface area contributed by atoms with E-state index in [1.807, 2.05) is 0 Å². The first kappa shape index (κ1) is 13.3. The molecule has 18 heavy (non-hydrogen) atoms. The molecule has 2 rings (SSSR count). The van der Waals surface area contributed by atoms with Gasteiger partial charge in [-0.25, -0.2) is 13.1 Å². The maximum Gasteiger partial charge on any atom is 0.250 e. The summed E-state index contributed by atoms with van der Waals surface area (Å²) in [5.41, 5.74) is 0. The fourth-order valence-electron chi connectivity index (χ4n) is 1.44. The molecule has 0 bridgehead atoms. The van der Waals surface area contributed by atoms with Crippen molar-refractivity contribution in [1.29, 1.82) is 0 Å². The average Bonchev–Trinajstić information content (AvgIpc) is 3.02. The lowest BCUT2D eigenvalue weighted by Crippen LogP contribution is -2.25. The second kappa shape index (κ2) is 5.66. The molecule has 98 valence electrons. The zero-order valence-electron chi connectivity index (χ0n) is 9.44. The number of aliphatic hydroxyl groups is 1.